The third-order valence-electron chi connectivity index (χ3n) is 2.13. The third kappa shape index (κ3) is 3.52. The largest absolute Gasteiger partial charge is 0.481 e. The molecule has 2 aromatic rings. The van der Waals surface area contributed by atoms with Gasteiger partial charge in [0.05, 0.1) is 24.3 Å². The molecule has 0 amide bonds. The van der Waals surface area contributed by atoms with E-state index in [1.807, 2.05) is 0 Å². The minimum atomic E-state index is -0.884. The molecule has 0 saturated heterocycles. The van der Waals surface area contributed by atoms with E-state index >= 15 is 0 Å². The molecule has 2 rings (SSSR count). The van der Waals surface area contributed by atoms with Gasteiger partial charge in [-0.2, -0.15) is 5.10 Å². The number of methoxy groups -OCH3 is 1. The maximum absolute atomic E-state index is 10.6. The number of nitrogens with zero attached hydrogens (tertiary/aromatic N) is 4. The first-order valence-electron chi connectivity index (χ1n) is 5.39. The maximum atomic E-state index is 10.6. The average Bonchev–Trinajstić information content (AvgIpc) is 2.81. The molecule has 0 atom stereocenters. The van der Waals surface area contributed by atoms with Crippen molar-refractivity contribution in [3.63, 3.8) is 0 Å². The Hall–Kier alpha value is -1.93. The summed E-state index contributed by atoms with van der Waals surface area (Å²) in [5, 5.41) is 13.8. The summed E-state index contributed by atoms with van der Waals surface area (Å²) in [6.07, 6.45) is 4.68. The summed E-state index contributed by atoms with van der Waals surface area (Å²) in [4.78, 5) is 18.8. The van der Waals surface area contributed by atoms with Gasteiger partial charge in [0.25, 0.3) is 0 Å². The third-order valence-corrected chi connectivity index (χ3v) is 3.11. The number of carboxylic acids is 1. The fraction of sp³-hybridized carbons (Fsp3) is 0.273. The van der Waals surface area contributed by atoms with E-state index in [2.05, 4.69) is 15.1 Å². The number of hydrogen-bond acceptors (Lipinski definition) is 6. The first-order chi connectivity index (χ1) is 9.20. The Kier molecular flexibility index (Phi) is 4.48. The molecule has 0 bridgehead atoms. The Labute approximate surface area is 113 Å². The van der Waals surface area contributed by atoms with Crippen LogP contribution in [0.4, 0.5) is 0 Å². The molecule has 2 heterocycles. The molecule has 0 aliphatic heterocycles. The fourth-order valence-corrected chi connectivity index (χ4v) is 2.18. The Morgan fingerprint density at radius 2 is 2.37 bits per heavy atom. The second kappa shape index (κ2) is 6.30. The van der Waals surface area contributed by atoms with Gasteiger partial charge in [0.1, 0.15) is 5.03 Å². The molecule has 2 aromatic heterocycles. The molecule has 0 radical (unpaired) electrons. The molecule has 0 saturated carbocycles. The van der Waals surface area contributed by atoms with Crippen molar-refractivity contribution in [3.05, 3.63) is 30.4 Å². The highest BCUT2D eigenvalue weighted by Crippen LogP contribution is 2.22. The van der Waals surface area contributed by atoms with Gasteiger partial charge >= 0.3 is 5.97 Å². The Morgan fingerprint density at radius 1 is 1.53 bits per heavy atom. The second-order valence-electron chi connectivity index (χ2n) is 3.56. The normalized spacial score (nSPS) is 10.6. The van der Waals surface area contributed by atoms with Crippen molar-refractivity contribution < 1.29 is 14.6 Å². The van der Waals surface area contributed by atoms with E-state index < -0.39 is 5.97 Å². The Balaban J connectivity index is 2.31. The zero-order valence-electron chi connectivity index (χ0n) is 10.2. The van der Waals surface area contributed by atoms with Crippen molar-refractivity contribution in [1.82, 2.24) is 19.7 Å². The van der Waals surface area contributed by atoms with E-state index in [0.717, 1.165) is 0 Å². The smallest absolute Gasteiger partial charge is 0.313 e. The van der Waals surface area contributed by atoms with Crippen LogP contribution in [0.1, 0.15) is 5.69 Å². The number of ether oxygens (including phenoxy) is 1. The van der Waals surface area contributed by atoms with Crippen LogP contribution in [0.5, 0.6) is 0 Å². The number of hydrogen-bond donors (Lipinski definition) is 1. The lowest BCUT2D eigenvalue weighted by Gasteiger charge is -2.03. The van der Waals surface area contributed by atoms with E-state index in [9.17, 15) is 4.79 Å². The summed E-state index contributed by atoms with van der Waals surface area (Å²) in [7, 11) is 1.57. The Bertz CT molecular complexity index is 558. The van der Waals surface area contributed by atoms with Gasteiger partial charge in [-0.25, -0.2) is 9.67 Å². The summed E-state index contributed by atoms with van der Waals surface area (Å²) in [6, 6.07) is 1.78. The van der Waals surface area contributed by atoms with Gasteiger partial charge in [-0.3, -0.25) is 9.78 Å². The molecular formula is C11H12N4O3S. The van der Waals surface area contributed by atoms with Crippen molar-refractivity contribution in [2.24, 2.45) is 0 Å². The monoisotopic (exact) mass is 280 g/mol. The number of carbonyl (C=O) groups is 1. The molecule has 0 aliphatic rings. The van der Waals surface area contributed by atoms with Crippen LogP contribution in [0.2, 0.25) is 0 Å². The Morgan fingerprint density at radius 3 is 3.00 bits per heavy atom. The SMILES string of the molecule is COCc1cc(SCC(=O)O)n(-c2cnccn2)n1. The van der Waals surface area contributed by atoms with E-state index in [-0.39, 0.29) is 5.75 Å². The molecule has 0 aromatic carbocycles. The van der Waals surface area contributed by atoms with Crippen LogP contribution < -0.4 is 0 Å². The van der Waals surface area contributed by atoms with E-state index in [0.29, 0.717) is 23.1 Å². The molecule has 19 heavy (non-hydrogen) atoms. The van der Waals surface area contributed by atoms with E-state index in [1.165, 1.54) is 11.8 Å². The molecule has 0 unspecified atom stereocenters. The lowest BCUT2D eigenvalue weighted by Crippen LogP contribution is -2.04. The average molecular weight is 280 g/mol. The summed E-state index contributed by atoms with van der Waals surface area (Å²) >= 11 is 1.17. The molecule has 8 heteroatoms. The van der Waals surface area contributed by atoms with Crippen molar-refractivity contribution in [2.75, 3.05) is 12.9 Å². The number of aliphatic carboxylic acids is 1. The van der Waals surface area contributed by atoms with Crippen LogP contribution in [-0.2, 0) is 16.1 Å². The lowest BCUT2D eigenvalue weighted by atomic mass is 10.5. The molecular weight excluding hydrogens is 268 g/mol. The van der Waals surface area contributed by atoms with E-state index in [4.69, 9.17) is 9.84 Å². The second-order valence-corrected chi connectivity index (χ2v) is 4.56. The predicted molar refractivity (Wildman–Crippen MR) is 68.2 cm³/mol. The zero-order chi connectivity index (χ0) is 13.7. The highest BCUT2D eigenvalue weighted by atomic mass is 32.2. The van der Waals surface area contributed by atoms with Crippen molar-refractivity contribution >= 4 is 17.7 Å². The van der Waals surface area contributed by atoms with Gasteiger partial charge in [-0.1, -0.05) is 11.8 Å². The minimum Gasteiger partial charge on any atom is -0.481 e. The number of thioether (sulfide) groups is 1. The van der Waals surface area contributed by atoms with Crippen LogP contribution >= 0.6 is 11.8 Å². The van der Waals surface area contributed by atoms with Gasteiger partial charge in [0.2, 0.25) is 0 Å². The number of carboxylic acid groups (broad SMARTS) is 1. The minimum absolute atomic E-state index is 0.0433. The highest BCUT2D eigenvalue weighted by Gasteiger charge is 2.12. The standard InChI is InChI=1S/C11H12N4O3S/c1-18-6-8-4-10(19-7-11(16)17)15(14-8)9-5-12-2-3-13-9/h2-5H,6-7H2,1H3,(H,16,17). The van der Waals surface area contributed by atoms with Crippen molar-refractivity contribution in [2.45, 2.75) is 11.6 Å². The van der Waals surface area contributed by atoms with Crippen LogP contribution in [-0.4, -0.2) is 43.7 Å². The maximum Gasteiger partial charge on any atom is 0.313 e. The van der Waals surface area contributed by atoms with Gasteiger partial charge in [-0.05, 0) is 6.07 Å². The van der Waals surface area contributed by atoms with Crippen LogP contribution in [0.15, 0.2) is 29.7 Å². The quantitative estimate of drug-likeness (QED) is 0.789. The van der Waals surface area contributed by atoms with Crippen molar-refractivity contribution in [3.8, 4) is 5.82 Å². The molecule has 100 valence electrons. The summed E-state index contributed by atoms with van der Waals surface area (Å²) in [6.45, 7) is 0.355. The van der Waals surface area contributed by atoms with Crippen LogP contribution in [0, 0.1) is 0 Å². The number of aromatic nitrogens is 4. The van der Waals surface area contributed by atoms with Crippen LogP contribution in [0.25, 0.3) is 5.82 Å². The zero-order valence-corrected chi connectivity index (χ0v) is 11.0. The summed E-state index contributed by atoms with van der Waals surface area (Å²) < 4.78 is 6.58. The molecule has 0 fully saturated rings. The molecule has 7 nitrogen and oxygen atoms in total. The molecule has 0 spiro atoms. The van der Waals surface area contributed by atoms with Gasteiger partial charge < -0.3 is 9.84 Å². The summed E-state index contributed by atoms with van der Waals surface area (Å²) in [5.41, 5.74) is 0.709. The lowest BCUT2D eigenvalue weighted by molar-refractivity contribution is -0.133. The van der Waals surface area contributed by atoms with Crippen molar-refractivity contribution in [1.29, 1.82) is 0 Å². The van der Waals surface area contributed by atoms with Gasteiger partial charge in [-0.15, -0.1) is 0 Å². The van der Waals surface area contributed by atoms with Crippen LogP contribution in [0.3, 0.4) is 0 Å². The first-order valence-corrected chi connectivity index (χ1v) is 6.38. The number of rotatable bonds is 6. The van der Waals surface area contributed by atoms with E-state index in [1.54, 1.807) is 36.4 Å². The molecule has 0 aliphatic carbocycles. The fourth-order valence-electron chi connectivity index (χ4n) is 1.43. The molecule has 1 N–H and O–H groups in total. The highest BCUT2D eigenvalue weighted by molar-refractivity contribution is 7.99. The summed E-state index contributed by atoms with van der Waals surface area (Å²) in [5.74, 6) is -0.388. The predicted octanol–water partition coefficient (Wildman–Crippen LogP) is 0.985. The first kappa shape index (κ1) is 13.5. The van der Waals surface area contributed by atoms with Gasteiger partial charge in [0, 0.05) is 19.5 Å². The van der Waals surface area contributed by atoms with Gasteiger partial charge in [0.15, 0.2) is 5.82 Å². The topological polar surface area (TPSA) is 90.1 Å².